The Kier molecular flexibility index (Phi) is 17.3. The van der Waals surface area contributed by atoms with Crippen LogP contribution in [0.1, 0.15) is 48.6 Å². The molecule has 0 unspecified atom stereocenters. The van der Waals surface area contributed by atoms with Crippen LogP contribution in [-0.4, -0.2) is 133 Å². The van der Waals surface area contributed by atoms with Gasteiger partial charge in [0, 0.05) is 60.0 Å². The zero-order valence-corrected chi connectivity index (χ0v) is 42.0. The van der Waals surface area contributed by atoms with Crippen LogP contribution in [0.4, 0.5) is 0 Å². The van der Waals surface area contributed by atoms with Crippen molar-refractivity contribution in [1.82, 2.24) is 35.6 Å². The average molecular weight is 980 g/mol. The topological polar surface area (TPSA) is 179 Å². The highest BCUT2D eigenvalue weighted by Crippen LogP contribution is 2.35. The van der Waals surface area contributed by atoms with Crippen molar-refractivity contribution >= 4 is 35.4 Å². The van der Waals surface area contributed by atoms with Crippen molar-refractivity contribution in [2.45, 2.75) is 89.4 Å². The molecule has 0 radical (unpaired) electrons. The number of amides is 6. The molecule has 16 heteroatoms. The highest BCUT2D eigenvalue weighted by atomic mass is 16.5. The fourth-order valence-electron chi connectivity index (χ4n) is 9.01. The maximum absolute atomic E-state index is 15.0. The molecule has 6 atom stereocenters. The van der Waals surface area contributed by atoms with Crippen molar-refractivity contribution in [3.05, 3.63) is 155 Å². The summed E-state index contributed by atoms with van der Waals surface area (Å²) in [7, 11) is 5.97. The quantitative estimate of drug-likeness (QED) is 0.165. The summed E-state index contributed by atoms with van der Waals surface area (Å²) in [6, 6.07) is 33.1. The minimum Gasteiger partial charge on any atom is -0.497 e. The molecule has 5 aromatic carbocycles. The van der Waals surface area contributed by atoms with Gasteiger partial charge in [0.2, 0.25) is 35.4 Å². The molecule has 6 bridgehead atoms. The molecule has 2 aliphatic rings. The van der Waals surface area contributed by atoms with Crippen molar-refractivity contribution in [2.75, 3.05) is 41.4 Å². The van der Waals surface area contributed by atoms with E-state index in [1.807, 2.05) is 42.5 Å². The van der Waals surface area contributed by atoms with E-state index in [-0.39, 0.29) is 19.3 Å². The lowest BCUT2D eigenvalue weighted by atomic mass is 9.99. The van der Waals surface area contributed by atoms with Crippen LogP contribution in [0.25, 0.3) is 0 Å². The van der Waals surface area contributed by atoms with Gasteiger partial charge >= 0.3 is 0 Å². The van der Waals surface area contributed by atoms with E-state index in [0.29, 0.717) is 65.9 Å². The predicted molar refractivity (Wildman–Crippen MR) is 272 cm³/mol. The monoisotopic (exact) mass is 979 g/mol. The molecule has 2 heterocycles. The Morgan fingerprint density at radius 2 is 1.14 bits per heavy atom. The molecule has 1 saturated heterocycles. The third kappa shape index (κ3) is 13.2. The number of hydrogen-bond acceptors (Lipinski definition) is 10. The van der Waals surface area contributed by atoms with Crippen molar-refractivity contribution in [1.29, 1.82) is 0 Å². The summed E-state index contributed by atoms with van der Waals surface area (Å²) in [4.78, 5) is 92.3. The zero-order chi connectivity index (χ0) is 51.5. The molecule has 5 aromatic rings. The molecule has 16 nitrogen and oxygen atoms in total. The van der Waals surface area contributed by atoms with Gasteiger partial charge in [-0.2, -0.15) is 0 Å². The van der Waals surface area contributed by atoms with E-state index in [0.717, 1.165) is 0 Å². The maximum Gasteiger partial charge on any atom is 0.246 e. The average Bonchev–Trinajstić information content (AvgIpc) is 3.38. The Bertz CT molecular complexity index is 2660. The molecule has 1 fully saturated rings. The molecule has 0 saturated carbocycles. The van der Waals surface area contributed by atoms with E-state index < -0.39 is 71.7 Å². The van der Waals surface area contributed by atoms with E-state index in [1.54, 1.807) is 60.7 Å². The van der Waals surface area contributed by atoms with Crippen LogP contribution in [0.2, 0.25) is 0 Å². The highest BCUT2D eigenvalue weighted by Gasteiger charge is 2.39. The van der Waals surface area contributed by atoms with E-state index in [1.165, 1.54) is 74.9 Å². The fourth-order valence-corrected chi connectivity index (χ4v) is 9.01. The minimum absolute atomic E-state index is 0.00521. The second kappa shape index (κ2) is 23.9. The summed E-state index contributed by atoms with van der Waals surface area (Å²) in [5.41, 5.74) is 4.31. The van der Waals surface area contributed by atoms with Crippen LogP contribution < -0.4 is 30.2 Å². The molecule has 378 valence electrons. The first-order valence-corrected chi connectivity index (χ1v) is 24.2. The highest BCUT2D eigenvalue weighted by molar-refractivity contribution is 5.98. The number of rotatable bonds is 11. The molecule has 72 heavy (non-hydrogen) atoms. The number of benzene rings is 5. The Morgan fingerprint density at radius 3 is 1.78 bits per heavy atom. The van der Waals surface area contributed by atoms with Crippen LogP contribution in [0, 0.1) is 0 Å². The second-order valence-electron chi connectivity index (χ2n) is 18.6. The van der Waals surface area contributed by atoms with Gasteiger partial charge < -0.3 is 44.9 Å². The Labute approximate surface area is 421 Å². The summed E-state index contributed by atoms with van der Waals surface area (Å²) in [6.07, 6.45) is 0.0435. The molecule has 3 N–H and O–H groups in total. The van der Waals surface area contributed by atoms with E-state index in [9.17, 15) is 24.0 Å². The van der Waals surface area contributed by atoms with Gasteiger partial charge in [0.05, 0.1) is 7.11 Å². The summed E-state index contributed by atoms with van der Waals surface area (Å²) >= 11 is 0. The maximum atomic E-state index is 15.0. The van der Waals surface area contributed by atoms with Crippen molar-refractivity contribution in [3.8, 4) is 23.0 Å². The number of fused-ring (bicyclic) bond motifs is 7. The number of carbonyl (C=O) groups is 6. The standard InChI is InChI=1S/C56H65N7O9/c1-36-51(64)58-37(2)54(67)60(4)46(30-39-21-24-44(70-7)25-22-39)53(66)59-38(3)55(68)62(6)48-32-42-19-14-20-45(29-42)72-50-33-43(31-47(52(65)57-36)61(5)56(48)69)23-26-49(50)71-28-27-63(34-40-15-10-8-11-16-40)35-41-17-12-9-13-18-41/h8-26,29,33,36-38,46-48H,27-28,30-32,34-35H2,1-7H3,(H,57,65)(H,58,64)(H,59,66)/t36-,37+,38-,46+,47+,48+/m1/s1. The Balaban J connectivity index is 1.21. The van der Waals surface area contributed by atoms with Crippen LogP contribution in [0.3, 0.4) is 0 Å². The molecule has 0 aliphatic carbocycles. The summed E-state index contributed by atoms with van der Waals surface area (Å²) < 4.78 is 18.4. The van der Waals surface area contributed by atoms with Gasteiger partial charge in [-0.15, -0.1) is 0 Å². The van der Waals surface area contributed by atoms with E-state index in [4.69, 9.17) is 14.2 Å². The number of likely N-dealkylation sites (N-methyl/N-ethyl adjacent to an activating group) is 3. The van der Waals surface area contributed by atoms with Gasteiger partial charge in [0.1, 0.15) is 54.4 Å². The fraction of sp³-hybridized carbons (Fsp3) is 0.357. The third-order valence-electron chi connectivity index (χ3n) is 13.3. The number of methoxy groups -OCH3 is 1. The predicted octanol–water partition coefficient (Wildman–Crippen LogP) is 4.92. The van der Waals surface area contributed by atoms with Gasteiger partial charge in [-0.05, 0) is 85.0 Å². The number of carbonyl (C=O) groups excluding carboxylic acids is 6. The first-order valence-electron chi connectivity index (χ1n) is 24.2. The normalized spacial score (nSPS) is 21.5. The lowest BCUT2D eigenvalue weighted by Gasteiger charge is -2.36. The minimum atomic E-state index is -1.20. The third-order valence-corrected chi connectivity index (χ3v) is 13.3. The summed E-state index contributed by atoms with van der Waals surface area (Å²) in [6.45, 7) is 6.81. The van der Waals surface area contributed by atoms with E-state index in [2.05, 4.69) is 45.1 Å². The van der Waals surface area contributed by atoms with Gasteiger partial charge in [0.25, 0.3) is 0 Å². The largest absolute Gasteiger partial charge is 0.497 e. The second-order valence-corrected chi connectivity index (χ2v) is 18.6. The first kappa shape index (κ1) is 52.1. The van der Waals surface area contributed by atoms with E-state index >= 15 is 4.79 Å². The Hall–Kier alpha value is -7.72. The van der Waals surface area contributed by atoms with Crippen molar-refractivity contribution < 1.29 is 43.0 Å². The van der Waals surface area contributed by atoms with Gasteiger partial charge in [-0.3, -0.25) is 33.7 Å². The Morgan fingerprint density at radius 1 is 0.569 bits per heavy atom. The number of hydrogen-bond donors (Lipinski definition) is 3. The number of nitrogens with one attached hydrogen (secondary N) is 3. The number of ether oxygens (including phenoxy) is 3. The van der Waals surface area contributed by atoms with Crippen LogP contribution in [0.5, 0.6) is 23.0 Å². The molecule has 0 spiro atoms. The summed E-state index contributed by atoms with van der Waals surface area (Å²) in [5, 5.41) is 8.27. The molecule has 0 aromatic heterocycles. The molecule has 6 amide bonds. The zero-order valence-electron chi connectivity index (χ0n) is 42.0. The lowest BCUT2D eigenvalue weighted by Crippen LogP contribution is -2.61. The van der Waals surface area contributed by atoms with Crippen molar-refractivity contribution in [3.63, 3.8) is 0 Å². The lowest BCUT2D eigenvalue weighted by molar-refractivity contribution is -0.149. The molecular weight excluding hydrogens is 915 g/mol. The van der Waals surface area contributed by atoms with Crippen LogP contribution >= 0.6 is 0 Å². The molecular formula is C56H65N7O9. The SMILES string of the molecule is COc1ccc(C[C@H]2C(=O)N[C@H](C)C(=O)N(C)[C@H]3Cc4cccc(c4)Oc4cc(ccc4OCCN(Cc4ccccc4)Cc4ccccc4)C[C@@H](C(=O)N[C@H](C)C(=O)N[C@@H](C)C(=O)N2C)N(C)C3=O)cc1. The van der Waals surface area contributed by atoms with Gasteiger partial charge in [-0.1, -0.05) is 91.0 Å². The van der Waals surface area contributed by atoms with Gasteiger partial charge in [0.15, 0.2) is 11.5 Å². The first-order chi connectivity index (χ1) is 34.6. The van der Waals surface area contributed by atoms with Crippen LogP contribution in [-0.2, 0) is 61.1 Å². The summed E-state index contributed by atoms with van der Waals surface area (Å²) in [5.74, 6) is -1.74. The molecule has 7 rings (SSSR count). The smallest absolute Gasteiger partial charge is 0.246 e. The van der Waals surface area contributed by atoms with Crippen LogP contribution in [0.15, 0.2) is 127 Å². The van der Waals surface area contributed by atoms with Gasteiger partial charge in [-0.25, -0.2) is 0 Å². The van der Waals surface area contributed by atoms with Crippen molar-refractivity contribution in [2.24, 2.45) is 0 Å². The number of nitrogens with zero attached hydrogens (tertiary/aromatic N) is 4. The molecule has 2 aliphatic heterocycles.